The van der Waals surface area contributed by atoms with Gasteiger partial charge in [-0.05, 0) is 25.3 Å². The molecule has 2 nitrogen and oxygen atoms in total. The monoisotopic (exact) mass is 292 g/mol. The van der Waals surface area contributed by atoms with Gasteiger partial charge in [0.25, 0.3) is 0 Å². The van der Waals surface area contributed by atoms with E-state index in [0.29, 0.717) is 0 Å². The summed E-state index contributed by atoms with van der Waals surface area (Å²) in [6, 6.07) is 8.13. The number of benzene rings is 1. The molecule has 0 bridgehead atoms. The lowest BCUT2D eigenvalue weighted by Gasteiger charge is -2.39. The van der Waals surface area contributed by atoms with Crippen LogP contribution in [0, 0.1) is 11.7 Å². The maximum Gasteiger partial charge on any atom is 0.132 e. The van der Waals surface area contributed by atoms with Crippen molar-refractivity contribution in [2.24, 2.45) is 5.92 Å². The van der Waals surface area contributed by atoms with Gasteiger partial charge in [-0.3, -0.25) is 0 Å². The molecule has 1 saturated heterocycles. The van der Waals surface area contributed by atoms with Gasteiger partial charge in [-0.1, -0.05) is 31.5 Å². The van der Waals surface area contributed by atoms with Gasteiger partial charge < -0.3 is 9.80 Å². The summed E-state index contributed by atoms with van der Waals surface area (Å²) in [7, 11) is 0. The minimum Gasteiger partial charge on any atom is -0.323 e. The van der Waals surface area contributed by atoms with Crippen LogP contribution >= 0.6 is 0 Å². The molecule has 0 aromatic heterocycles. The summed E-state index contributed by atoms with van der Waals surface area (Å²) in [6.45, 7) is 8.19. The minimum absolute atomic E-state index is 0.0410. The van der Waals surface area contributed by atoms with Crippen molar-refractivity contribution < 1.29 is 14.2 Å². The second-order valence-corrected chi connectivity index (χ2v) is 7.04. The topological polar surface area (TPSA) is 8.88 Å². The van der Waals surface area contributed by atoms with Crippen LogP contribution in [0.5, 0.6) is 0 Å². The smallest absolute Gasteiger partial charge is 0.132 e. The van der Waals surface area contributed by atoms with Gasteiger partial charge in [-0.2, -0.15) is 0 Å². The van der Waals surface area contributed by atoms with E-state index in [0.717, 1.165) is 24.1 Å². The van der Waals surface area contributed by atoms with E-state index < -0.39 is 0 Å². The number of nitrogens with one attached hydrogen (secondary N) is 2. The molecule has 1 aliphatic heterocycles. The van der Waals surface area contributed by atoms with Gasteiger partial charge in [-0.25, -0.2) is 4.39 Å². The average molecular weight is 292 g/mol. The predicted molar refractivity (Wildman–Crippen MR) is 82.9 cm³/mol. The van der Waals surface area contributed by atoms with Crippen molar-refractivity contribution in [1.29, 1.82) is 0 Å². The van der Waals surface area contributed by atoms with Crippen LogP contribution < -0.4 is 9.80 Å². The largest absolute Gasteiger partial charge is 0.323 e. The van der Waals surface area contributed by atoms with Crippen molar-refractivity contribution in [2.75, 3.05) is 26.2 Å². The zero-order valence-electron chi connectivity index (χ0n) is 13.2. The van der Waals surface area contributed by atoms with E-state index in [9.17, 15) is 4.39 Å². The van der Waals surface area contributed by atoms with Crippen LogP contribution in [0.1, 0.15) is 38.2 Å². The number of rotatable bonds is 3. The van der Waals surface area contributed by atoms with Gasteiger partial charge in [0.1, 0.15) is 38.5 Å². The van der Waals surface area contributed by atoms with Crippen LogP contribution in [0.25, 0.3) is 0 Å². The molecule has 3 heteroatoms. The van der Waals surface area contributed by atoms with Gasteiger partial charge in [0.2, 0.25) is 0 Å². The Balaban J connectivity index is 1.52. The molecule has 2 aliphatic rings. The SMILES string of the molecule is C[C@H]1CCCC[C@@H]1[NH+]1CC[NH+](Cc2ccccc2F)CC1. The fourth-order valence-electron chi connectivity index (χ4n) is 4.31. The Morgan fingerprint density at radius 3 is 2.48 bits per heavy atom. The molecule has 2 fully saturated rings. The molecular formula is C18H29FN2+2. The number of hydrogen-bond donors (Lipinski definition) is 2. The van der Waals surface area contributed by atoms with E-state index in [1.54, 1.807) is 17.0 Å². The maximum absolute atomic E-state index is 13.7. The van der Waals surface area contributed by atoms with Crippen LogP contribution in [0.15, 0.2) is 24.3 Å². The highest BCUT2D eigenvalue weighted by atomic mass is 19.1. The molecule has 0 radical (unpaired) electrons. The van der Waals surface area contributed by atoms with Gasteiger partial charge >= 0.3 is 0 Å². The van der Waals surface area contributed by atoms with Crippen molar-refractivity contribution in [3.8, 4) is 0 Å². The molecule has 0 amide bonds. The minimum atomic E-state index is -0.0410. The first-order valence-corrected chi connectivity index (χ1v) is 8.65. The van der Waals surface area contributed by atoms with Crippen molar-refractivity contribution in [1.82, 2.24) is 0 Å². The zero-order chi connectivity index (χ0) is 14.7. The Bertz CT molecular complexity index is 454. The summed E-state index contributed by atoms with van der Waals surface area (Å²) in [4.78, 5) is 3.37. The fourth-order valence-corrected chi connectivity index (χ4v) is 4.31. The molecule has 21 heavy (non-hydrogen) atoms. The molecular weight excluding hydrogens is 263 g/mol. The first-order chi connectivity index (χ1) is 10.2. The van der Waals surface area contributed by atoms with Crippen LogP contribution in [-0.4, -0.2) is 32.2 Å². The number of quaternary nitrogens is 2. The molecule has 1 saturated carbocycles. The van der Waals surface area contributed by atoms with E-state index in [4.69, 9.17) is 0 Å². The quantitative estimate of drug-likeness (QED) is 0.811. The number of halogens is 1. The molecule has 0 unspecified atom stereocenters. The van der Waals surface area contributed by atoms with Crippen LogP contribution in [0.4, 0.5) is 4.39 Å². The molecule has 2 atom stereocenters. The second-order valence-electron chi connectivity index (χ2n) is 7.04. The zero-order valence-corrected chi connectivity index (χ0v) is 13.2. The Hall–Kier alpha value is -0.930. The molecule has 116 valence electrons. The summed E-state index contributed by atoms with van der Waals surface area (Å²) in [5.41, 5.74) is 0.877. The van der Waals surface area contributed by atoms with E-state index in [1.165, 1.54) is 51.9 Å². The predicted octanol–water partition coefficient (Wildman–Crippen LogP) is 0.688. The lowest BCUT2D eigenvalue weighted by atomic mass is 9.84. The van der Waals surface area contributed by atoms with E-state index >= 15 is 0 Å². The van der Waals surface area contributed by atoms with Crippen LogP contribution in [0.2, 0.25) is 0 Å². The Kier molecular flexibility index (Phi) is 4.91. The Labute approximate surface area is 127 Å². The molecule has 1 aromatic carbocycles. The summed E-state index contributed by atoms with van der Waals surface area (Å²) < 4.78 is 13.7. The van der Waals surface area contributed by atoms with Gasteiger partial charge in [0.05, 0.1) is 6.04 Å². The van der Waals surface area contributed by atoms with E-state index in [-0.39, 0.29) is 5.82 Å². The van der Waals surface area contributed by atoms with Gasteiger partial charge in [0.15, 0.2) is 0 Å². The van der Waals surface area contributed by atoms with Gasteiger partial charge in [-0.15, -0.1) is 0 Å². The lowest BCUT2D eigenvalue weighted by molar-refractivity contribution is -1.03. The van der Waals surface area contributed by atoms with Crippen LogP contribution in [0.3, 0.4) is 0 Å². The molecule has 3 rings (SSSR count). The summed E-state index contributed by atoms with van der Waals surface area (Å²) in [5.74, 6) is 0.850. The highest BCUT2D eigenvalue weighted by Crippen LogP contribution is 2.21. The molecule has 1 aliphatic carbocycles. The molecule has 2 N–H and O–H groups in total. The third-order valence-corrected chi connectivity index (χ3v) is 5.63. The van der Waals surface area contributed by atoms with Crippen molar-refractivity contribution >= 4 is 0 Å². The molecule has 1 heterocycles. The van der Waals surface area contributed by atoms with Crippen molar-refractivity contribution in [3.05, 3.63) is 35.6 Å². The first-order valence-electron chi connectivity index (χ1n) is 8.65. The molecule has 0 spiro atoms. The average Bonchev–Trinajstić information content (AvgIpc) is 2.51. The van der Waals surface area contributed by atoms with E-state index in [2.05, 4.69) is 6.92 Å². The normalized spacial score (nSPS) is 33.8. The third-order valence-electron chi connectivity index (χ3n) is 5.63. The first kappa shape index (κ1) is 15.0. The fraction of sp³-hybridized carbons (Fsp3) is 0.667. The summed E-state index contributed by atoms with van der Waals surface area (Å²) in [5, 5.41) is 0. The Morgan fingerprint density at radius 1 is 1.05 bits per heavy atom. The second kappa shape index (κ2) is 6.89. The Morgan fingerprint density at radius 2 is 1.76 bits per heavy atom. The summed E-state index contributed by atoms with van der Waals surface area (Å²) >= 11 is 0. The standard InChI is InChI=1S/C18H27FN2/c1-15-6-2-5-9-18(15)21-12-10-20(11-13-21)14-16-7-3-4-8-17(16)19/h3-4,7-8,15,18H,2,5-6,9-14H2,1H3/p+2/t15-,18-/m0/s1. The molecule has 1 aromatic rings. The van der Waals surface area contributed by atoms with Crippen molar-refractivity contribution in [2.45, 2.75) is 45.2 Å². The van der Waals surface area contributed by atoms with E-state index in [1.807, 2.05) is 17.0 Å². The summed E-state index contributed by atoms with van der Waals surface area (Å²) in [6.07, 6.45) is 5.68. The lowest BCUT2D eigenvalue weighted by Crippen LogP contribution is -3.29. The van der Waals surface area contributed by atoms with Crippen LogP contribution in [-0.2, 0) is 6.54 Å². The van der Waals surface area contributed by atoms with Gasteiger partial charge in [0, 0.05) is 11.5 Å². The highest BCUT2D eigenvalue weighted by Gasteiger charge is 2.34. The highest BCUT2D eigenvalue weighted by molar-refractivity contribution is 5.15. The number of hydrogen-bond acceptors (Lipinski definition) is 0. The third kappa shape index (κ3) is 3.64. The number of piperazine rings is 1. The maximum atomic E-state index is 13.7. The van der Waals surface area contributed by atoms with Crippen molar-refractivity contribution in [3.63, 3.8) is 0 Å².